The summed E-state index contributed by atoms with van der Waals surface area (Å²) in [6.45, 7) is 4.00. The van der Waals surface area contributed by atoms with E-state index in [4.69, 9.17) is 22.7 Å². The zero-order valence-corrected chi connectivity index (χ0v) is 13.7. The number of sulfone groups is 1. The SMILES string of the molecule is CC(C)(CNC(=O)C1(C(N)=S)CCOCC1)S(C)(=O)=O. The van der Waals surface area contributed by atoms with E-state index in [1.54, 1.807) is 13.8 Å². The van der Waals surface area contributed by atoms with Crippen LogP contribution in [0.25, 0.3) is 0 Å². The molecule has 1 rings (SSSR count). The van der Waals surface area contributed by atoms with Crippen LogP contribution in [0.15, 0.2) is 0 Å². The number of ether oxygens (including phenoxy) is 1. The van der Waals surface area contributed by atoms with E-state index < -0.39 is 20.0 Å². The van der Waals surface area contributed by atoms with Gasteiger partial charge in [-0.25, -0.2) is 8.42 Å². The third-order valence-corrected chi connectivity index (χ3v) is 6.47. The van der Waals surface area contributed by atoms with Crippen LogP contribution in [0.2, 0.25) is 0 Å². The maximum atomic E-state index is 12.4. The van der Waals surface area contributed by atoms with Gasteiger partial charge in [0.1, 0.15) is 5.41 Å². The van der Waals surface area contributed by atoms with Crippen LogP contribution in [-0.2, 0) is 19.4 Å². The first-order valence-electron chi connectivity index (χ1n) is 6.38. The monoisotopic (exact) mass is 322 g/mol. The Morgan fingerprint density at radius 1 is 1.40 bits per heavy atom. The summed E-state index contributed by atoms with van der Waals surface area (Å²) in [5.74, 6) is -0.315. The molecule has 116 valence electrons. The Morgan fingerprint density at radius 3 is 2.30 bits per heavy atom. The van der Waals surface area contributed by atoms with Gasteiger partial charge in [0.2, 0.25) is 5.91 Å². The Hall–Kier alpha value is -0.730. The predicted octanol–water partition coefficient (Wildman–Crippen LogP) is 0.00870. The van der Waals surface area contributed by atoms with Gasteiger partial charge in [-0.3, -0.25) is 4.79 Å². The van der Waals surface area contributed by atoms with Gasteiger partial charge in [-0.2, -0.15) is 0 Å². The highest BCUT2D eigenvalue weighted by Crippen LogP contribution is 2.31. The fraction of sp³-hybridized carbons (Fsp3) is 0.833. The third kappa shape index (κ3) is 3.48. The normalized spacial score (nSPS) is 19.4. The van der Waals surface area contributed by atoms with Crippen LogP contribution in [-0.4, -0.2) is 50.1 Å². The minimum atomic E-state index is -3.27. The number of rotatable bonds is 5. The van der Waals surface area contributed by atoms with Crippen LogP contribution >= 0.6 is 12.2 Å². The van der Waals surface area contributed by atoms with Crippen LogP contribution in [0.4, 0.5) is 0 Å². The fourth-order valence-electron chi connectivity index (χ4n) is 1.90. The molecule has 20 heavy (non-hydrogen) atoms. The molecule has 1 saturated heterocycles. The summed E-state index contributed by atoms with van der Waals surface area (Å²) in [6, 6.07) is 0. The summed E-state index contributed by atoms with van der Waals surface area (Å²) in [4.78, 5) is 12.5. The van der Waals surface area contributed by atoms with Gasteiger partial charge in [-0.1, -0.05) is 12.2 Å². The molecule has 1 aliphatic heterocycles. The van der Waals surface area contributed by atoms with Gasteiger partial charge in [0.15, 0.2) is 9.84 Å². The lowest BCUT2D eigenvalue weighted by atomic mass is 9.79. The minimum Gasteiger partial charge on any atom is -0.392 e. The summed E-state index contributed by atoms with van der Waals surface area (Å²) < 4.78 is 27.5. The molecular formula is C12H22N2O4S2. The molecule has 6 nitrogen and oxygen atoms in total. The van der Waals surface area contributed by atoms with E-state index in [0.29, 0.717) is 26.1 Å². The molecule has 0 bridgehead atoms. The van der Waals surface area contributed by atoms with Crippen LogP contribution in [0.1, 0.15) is 26.7 Å². The van der Waals surface area contributed by atoms with Crippen molar-refractivity contribution < 1.29 is 17.9 Å². The number of amides is 1. The first kappa shape index (κ1) is 17.3. The summed E-state index contributed by atoms with van der Waals surface area (Å²) in [5, 5.41) is 2.68. The maximum Gasteiger partial charge on any atom is 0.233 e. The fourth-order valence-corrected chi connectivity index (χ4v) is 2.53. The first-order chi connectivity index (χ1) is 9.03. The quantitative estimate of drug-likeness (QED) is 0.692. The van der Waals surface area contributed by atoms with E-state index in [9.17, 15) is 13.2 Å². The molecule has 0 aliphatic carbocycles. The number of hydrogen-bond acceptors (Lipinski definition) is 5. The van der Waals surface area contributed by atoms with Crippen molar-refractivity contribution in [2.75, 3.05) is 26.0 Å². The Bertz CT molecular complexity index is 494. The lowest BCUT2D eigenvalue weighted by Crippen LogP contribution is -2.54. The van der Waals surface area contributed by atoms with Crippen LogP contribution in [0, 0.1) is 5.41 Å². The number of nitrogens with two attached hydrogens (primary N) is 1. The minimum absolute atomic E-state index is 0.0237. The van der Waals surface area contributed by atoms with Crippen molar-refractivity contribution in [1.29, 1.82) is 0 Å². The zero-order chi connectivity index (χ0) is 15.6. The largest absolute Gasteiger partial charge is 0.392 e. The number of nitrogens with one attached hydrogen (secondary N) is 1. The highest BCUT2D eigenvalue weighted by atomic mass is 32.2. The van der Waals surface area contributed by atoms with Crippen molar-refractivity contribution >= 4 is 33.0 Å². The van der Waals surface area contributed by atoms with Gasteiger partial charge in [-0.05, 0) is 26.7 Å². The van der Waals surface area contributed by atoms with E-state index >= 15 is 0 Å². The average molecular weight is 322 g/mol. The molecule has 0 aromatic carbocycles. The van der Waals surface area contributed by atoms with Crippen molar-refractivity contribution in [2.24, 2.45) is 11.1 Å². The second-order valence-corrected chi connectivity index (χ2v) is 8.86. The standard InChI is InChI=1S/C12H22N2O4S2/c1-11(2,20(3,16)17)8-14-10(15)12(9(13)19)4-6-18-7-5-12/h4-8H2,1-3H3,(H2,13,19)(H,14,15). The molecule has 1 amide bonds. The Labute approximate surface area is 125 Å². The van der Waals surface area contributed by atoms with Gasteiger partial charge >= 0.3 is 0 Å². The summed E-state index contributed by atoms with van der Waals surface area (Å²) in [6.07, 6.45) is 2.00. The Kier molecular flexibility index (Phi) is 5.15. The van der Waals surface area contributed by atoms with E-state index in [2.05, 4.69) is 5.32 Å². The van der Waals surface area contributed by atoms with Crippen molar-refractivity contribution in [2.45, 2.75) is 31.4 Å². The van der Waals surface area contributed by atoms with Crippen molar-refractivity contribution in [3.8, 4) is 0 Å². The first-order valence-corrected chi connectivity index (χ1v) is 8.68. The van der Waals surface area contributed by atoms with Gasteiger partial charge in [-0.15, -0.1) is 0 Å². The molecule has 8 heteroatoms. The predicted molar refractivity (Wildman–Crippen MR) is 81.2 cm³/mol. The molecule has 3 N–H and O–H groups in total. The summed E-state index contributed by atoms with van der Waals surface area (Å²) in [5.41, 5.74) is 4.80. The summed E-state index contributed by atoms with van der Waals surface area (Å²) in [7, 11) is -3.27. The van der Waals surface area contributed by atoms with Crippen LogP contribution in [0.3, 0.4) is 0 Å². The van der Waals surface area contributed by atoms with Crippen molar-refractivity contribution in [3.05, 3.63) is 0 Å². The van der Waals surface area contributed by atoms with Crippen molar-refractivity contribution in [1.82, 2.24) is 5.32 Å². The second-order valence-electron chi connectivity index (χ2n) is 5.77. The summed E-state index contributed by atoms with van der Waals surface area (Å²) >= 11 is 5.03. The molecule has 0 saturated carbocycles. The van der Waals surface area contributed by atoms with Gasteiger partial charge in [0, 0.05) is 26.0 Å². The average Bonchev–Trinajstić information content (AvgIpc) is 2.35. The lowest BCUT2D eigenvalue weighted by molar-refractivity contribution is -0.131. The molecule has 0 radical (unpaired) electrons. The number of carbonyl (C=O) groups excluding carboxylic acids is 1. The second kappa shape index (κ2) is 5.95. The number of hydrogen-bond donors (Lipinski definition) is 2. The molecule has 0 atom stereocenters. The highest BCUT2D eigenvalue weighted by Gasteiger charge is 2.43. The molecule has 0 unspecified atom stereocenters. The number of carbonyl (C=O) groups is 1. The van der Waals surface area contributed by atoms with E-state index in [-0.39, 0.29) is 17.4 Å². The van der Waals surface area contributed by atoms with Gasteiger partial charge < -0.3 is 15.8 Å². The topological polar surface area (TPSA) is 98.5 Å². The molecule has 1 fully saturated rings. The third-order valence-electron chi connectivity index (χ3n) is 3.93. The maximum absolute atomic E-state index is 12.4. The van der Waals surface area contributed by atoms with E-state index in [0.717, 1.165) is 6.26 Å². The Morgan fingerprint density at radius 2 is 1.90 bits per heavy atom. The molecule has 1 aliphatic rings. The van der Waals surface area contributed by atoms with Crippen molar-refractivity contribution in [3.63, 3.8) is 0 Å². The smallest absolute Gasteiger partial charge is 0.233 e. The van der Waals surface area contributed by atoms with E-state index in [1.165, 1.54) is 0 Å². The highest BCUT2D eigenvalue weighted by molar-refractivity contribution is 7.92. The Balaban J connectivity index is 2.81. The molecule has 1 heterocycles. The van der Waals surface area contributed by atoms with Crippen LogP contribution in [0.5, 0.6) is 0 Å². The van der Waals surface area contributed by atoms with Crippen LogP contribution < -0.4 is 11.1 Å². The van der Waals surface area contributed by atoms with Gasteiger partial charge in [0.25, 0.3) is 0 Å². The molecule has 0 aromatic rings. The molecular weight excluding hydrogens is 300 g/mol. The van der Waals surface area contributed by atoms with Gasteiger partial charge in [0.05, 0.1) is 9.74 Å². The number of thiocarbonyl (C=S) groups is 1. The zero-order valence-electron chi connectivity index (χ0n) is 12.1. The molecule has 0 spiro atoms. The lowest BCUT2D eigenvalue weighted by Gasteiger charge is -2.35. The molecule has 0 aromatic heterocycles. The van der Waals surface area contributed by atoms with E-state index in [1.807, 2.05) is 0 Å².